The summed E-state index contributed by atoms with van der Waals surface area (Å²) in [7, 11) is 0. The summed E-state index contributed by atoms with van der Waals surface area (Å²) in [6.45, 7) is 4.35. The molecular formula is C32H49FN2O2. The number of carbonyl (C=O) groups is 1. The first-order valence-electron chi connectivity index (χ1n) is 14.8. The van der Waals surface area contributed by atoms with Crippen molar-refractivity contribution in [1.29, 1.82) is 0 Å². The number of aromatic nitrogens is 2. The molecule has 1 N–H and O–H groups in total. The fraction of sp³-hybridized carbons (Fsp3) is 0.656. The maximum Gasteiger partial charge on any atom is 0.303 e. The zero-order valence-corrected chi connectivity index (χ0v) is 23.3. The van der Waals surface area contributed by atoms with Gasteiger partial charge < -0.3 is 5.11 Å². The van der Waals surface area contributed by atoms with Gasteiger partial charge in [0.05, 0.1) is 0 Å². The van der Waals surface area contributed by atoms with Gasteiger partial charge in [0.2, 0.25) is 0 Å². The largest absolute Gasteiger partial charge is 0.481 e. The standard InChI is InChI=1S/C23H31FN2.C9H18O2/c1-2-3-4-5-10-22(24)15-18-16-25-23(26-17-18)21-13-11-20(12-14-21)19-8-6-7-9-19;1-2-3-4-5-6-7-8-9(10)11/h11-14,16-17,19,22H,2-10,15H2,1H3;2-8H2,1H3,(H,10,11)/t22-;/m1./s1. The van der Waals surface area contributed by atoms with Crippen molar-refractivity contribution in [2.45, 2.75) is 135 Å². The first kappa shape index (κ1) is 30.9. The molecule has 5 heteroatoms. The van der Waals surface area contributed by atoms with Crippen LogP contribution in [0, 0.1) is 0 Å². The number of benzene rings is 1. The average Bonchev–Trinajstić information content (AvgIpc) is 3.45. The van der Waals surface area contributed by atoms with Crippen LogP contribution in [0.3, 0.4) is 0 Å². The van der Waals surface area contributed by atoms with Crippen molar-refractivity contribution in [1.82, 2.24) is 9.97 Å². The van der Waals surface area contributed by atoms with Gasteiger partial charge >= 0.3 is 5.97 Å². The molecule has 0 amide bonds. The minimum Gasteiger partial charge on any atom is -0.481 e. The number of aliphatic carboxylic acids is 1. The second-order valence-electron chi connectivity index (χ2n) is 10.6. The molecule has 0 unspecified atom stereocenters. The molecule has 4 nitrogen and oxygen atoms in total. The van der Waals surface area contributed by atoms with Gasteiger partial charge in [0.15, 0.2) is 5.82 Å². The fourth-order valence-corrected chi connectivity index (χ4v) is 4.98. The van der Waals surface area contributed by atoms with E-state index in [-0.39, 0.29) is 0 Å². The average molecular weight is 513 g/mol. The number of hydrogen-bond donors (Lipinski definition) is 1. The van der Waals surface area contributed by atoms with Crippen LogP contribution in [0.5, 0.6) is 0 Å². The lowest BCUT2D eigenvalue weighted by Gasteiger charge is -2.10. The Morgan fingerprint density at radius 1 is 0.892 bits per heavy atom. The van der Waals surface area contributed by atoms with Crippen LogP contribution in [0.25, 0.3) is 11.4 Å². The lowest BCUT2D eigenvalue weighted by atomic mass is 9.96. The molecule has 0 radical (unpaired) electrons. The SMILES string of the molecule is CCCCCCCCC(=O)O.CCCCCC[C@@H](F)Cc1cnc(-c2ccc(C3CCCC3)cc2)nc1. The van der Waals surface area contributed by atoms with Crippen molar-refractivity contribution in [3.8, 4) is 11.4 Å². The van der Waals surface area contributed by atoms with Gasteiger partial charge in [-0.15, -0.1) is 0 Å². The van der Waals surface area contributed by atoms with Gasteiger partial charge in [0.25, 0.3) is 0 Å². The van der Waals surface area contributed by atoms with E-state index in [1.54, 1.807) is 12.4 Å². The van der Waals surface area contributed by atoms with Crippen molar-refractivity contribution < 1.29 is 14.3 Å². The number of alkyl halides is 1. The van der Waals surface area contributed by atoms with Gasteiger partial charge in [-0.05, 0) is 42.7 Å². The van der Waals surface area contributed by atoms with E-state index in [2.05, 4.69) is 48.1 Å². The number of carboxylic acid groups (broad SMARTS) is 1. The second-order valence-corrected chi connectivity index (χ2v) is 10.6. The molecule has 3 rings (SSSR count). The van der Waals surface area contributed by atoms with Gasteiger partial charge in [0, 0.05) is 30.8 Å². The van der Waals surface area contributed by atoms with Crippen molar-refractivity contribution in [2.24, 2.45) is 0 Å². The summed E-state index contributed by atoms with van der Waals surface area (Å²) in [5.74, 6) is 0.789. The smallest absolute Gasteiger partial charge is 0.303 e. The Labute approximate surface area is 224 Å². The van der Waals surface area contributed by atoms with Crippen LogP contribution >= 0.6 is 0 Å². The molecule has 1 saturated carbocycles. The van der Waals surface area contributed by atoms with Crippen molar-refractivity contribution in [3.05, 3.63) is 47.8 Å². The molecular weight excluding hydrogens is 463 g/mol. The molecule has 0 spiro atoms. The van der Waals surface area contributed by atoms with Gasteiger partial charge in [-0.2, -0.15) is 0 Å². The summed E-state index contributed by atoms with van der Waals surface area (Å²) < 4.78 is 14.1. The molecule has 1 atom stereocenters. The fourth-order valence-electron chi connectivity index (χ4n) is 4.98. The van der Waals surface area contributed by atoms with Gasteiger partial charge in [-0.25, -0.2) is 14.4 Å². The van der Waals surface area contributed by atoms with E-state index < -0.39 is 12.1 Å². The first-order chi connectivity index (χ1) is 18.0. The van der Waals surface area contributed by atoms with Gasteiger partial charge in [-0.3, -0.25) is 4.79 Å². The van der Waals surface area contributed by atoms with Crippen molar-refractivity contribution >= 4 is 5.97 Å². The zero-order chi connectivity index (χ0) is 26.7. The van der Waals surface area contributed by atoms with Gasteiger partial charge in [0.1, 0.15) is 6.17 Å². The van der Waals surface area contributed by atoms with E-state index in [0.717, 1.165) is 48.6 Å². The van der Waals surface area contributed by atoms with Crippen LogP contribution in [-0.2, 0) is 11.2 Å². The molecule has 206 valence electrons. The Morgan fingerprint density at radius 2 is 1.46 bits per heavy atom. The number of nitrogens with zero attached hydrogens (tertiary/aromatic N) is 2. The Balaban J connectivity index is 0.000000371. The third-order valence-corrected chi connectivity index (χ3v) is 7.27. The third-order valence-electron chi connectivity index (χ3n) is 7.27. The molecule has 1 aliphatic rings. The summed E-state index contributed by atoms with van der Waals surface area (Å²) in [6.07, 6.45) is 20.9. The van der Waals surface area contributed by atoms with E-state index in [9.17, 15) is 9.18 Å². The van der Waals surface area contributed by atoms with Crippen molar-refractivity contribution in [3.63, 3.8) is 0 Å². The number of unbranched alkanes of at least 4 members (excludes halogenated alkanes) is 8. The molecule has 1 aromatic heterocycles. The third kappa shape index (κ3) is 13.2. The van der Waals surface area contributed by atoms with E-state index in [1.165, 1.54) is 69.8 Å². The predicted molar refractivity (Wildman–Crippen MR) is 152 cm³/mol. The van der Waals surface area contributed by atoms with Crippen LogP contribution < -0.4 is 0 Å². The summed E-state index contributed by atoms with van der Waals surface area (Å²) in [5.41, 5.74) is 3.36. The topological polar surface area (TPSA) is 63.1 Å². The molecule has 1 fully saturated rings. The Morgan fingerprint density at radius 3 is 2.05 bits per heavy atom. The lowest BCUT2D eigenvalue weighted by Crippen LogP contribution is -2.06. The minimum absolute atomic E-state index is 0.339. The van der Waals surface area contributed by atoms with E-state index in [4.69, 9.17) is 5.11 Å². The van der Waals surface area contributed by atoms with Gasteiger partial charge in [-0.1, -0.05) is 109 Å². The second kappa shape index (κ2) is 18.9. The highest BCUT2D eigenvalue weighted by Gasteiger charge is 2.17. The molecule has 1 aliphatic carbocycles. The molecule has 0 bridgehead atoms. The summed E-state index contributed by atoms with van der Waals surface area (Å²) in [5, 5.41) is 8.32. The molecule has 1 heterocycles. The Kier molecular flexibility index (Phi) is 15.8. The van der Waals surface area contributed by atoms with E-state index in [1.807, 2.05) is 0 Å². The molecule has 0 aliphatic heterocycles. The number of hydrogen-bond acceptors (Lipinski definition) is 3. The van der Waals surface area contributed by atoms with Crippen LogP contribution in [-0.4, -0.2) is 27.2 Å². The maximum atomic E-state index is 14.1. The quantitative estimate of drug-likeness (QED) is 0.227. The summed E-state index contributed by atoms with van der Waals surface area (Å²) in [4.78, 5) is 19.0. The Bertz CT molecular complexity index is 848. The summed E-state index contributed by atoms with van der Waals surface area (Å²) in [6, 6.07) is 8.68. The van der Waals surface area contributed by atoms with Crippen molar-refractivity contribution in [2.75, 3.05) is 0 Å². The highest BCUT2D eigenvalue weighted by Crippen LogP contribution is 2.34. The van der Waals surface area contributed by atoms with Crippen LogP contribution in [0.15, 0.2) is 36.7 Å². The minimum atomic E-state index is -0.785. The van der Waals surface area contributed by atoms with Crippen LogP contribution in [0.2, 0.25) is 0 Å². The monoisotopic (exact) mass is 512 g/mol. The predicted octanol–water partition coefficient (Wildman–Crippen LogP) is 9.47. The zero-order valence-electron chi connectivity index (χ0n) is 23.3. The van der Waals surface area contributed by atoms with Crippen LogP contribution in [0.4, 0.5) is 4.39 Å². The number of halogens is 1. The molecule has 2 aromatic rings. The molecule has 0 saturated heterocycles. The number of rotatable bonds is 16. The molecule has 37 heavy (non-hydrogen) atoms. The normalized spacial score (nSPS) is 14.2. The number of carboxylic acids is 1. The van der Waals surface area contributed by atoms with E-state index in [0.29, 0.717) is 19.3 Å². The lowest BCUT2D eigenvalue weighted by molar-refractivity contribution is -0.137. The van der Waals surface area contributed by atoms with Crippen LogP contribution in [0.1, 0.15) is 134 Å². The first-order valence-corrected chi connectivity index (χ1v) is 14.8. The maximum absolute atomic E-state index is 14.1. The highest BCUT2D eigenvalue weighted by atomic mass is 19.1. The highest BCUT2D eigenvalue weighted by molar-refractivity contribution is 5.66. The molecule has 1 aromatic carbocycles. The summed E-state index contributed by atoms with van der Waals surface area (Å²) >= 11 is 0. The Hall–Kier alpha value is -2.30. The van der Waals surface area contributed by atoms with E-state index >= 15 is 0 Å².